The van der Waals surface area contributed by atoms with Gasteiger partial charge >= 0.3 is 6.18 Å². The van der Waals surface area contributed by atoms with Gasteiger partial charge in [-0.05, 0) is 42.2 Å². The van der Waals surface area contributed by atoms with Crippen molar-refractivity contribution >= 4 is 17.4 Å². The van der Waals surface area contributed by atoms with Gasteiger partial charge in [0.15, 0.2) is 11.7 Å². The molecule has 31 heavy (non-hydrogen) atoms. The number of carbonyl (C=O) groups is 1. The molecule has 0 unspecified atom stereocenters. The Morgan fingerprint density at radius 3 is 2.68 bits per heavy atom. The van der Waals surface area contributed by atoms with Crippen LogP contribution in [0.25, 0.3) is 0 Å². The Bertz CT molecular complexity index is 1040. The monoisotopic (exact) mass is 432 g/mol. The number of rotatable bonds is 5. The molecule has 0 saturated carbocycles. The zero-order valence-corrected chi connectivity index (χ0v) is 17.1. The van der Waals surface area contributed by atoms with E-state index in [1.165, 1.54) is 12.3 Å². The third-order valence-electron chi connectivity index (χ3n) is 5.66. The van der Waals surface area contributed by atoms with Crippen LogP contribution in [0.4, 0.5) is 24.7 Å². The van der Waals surface area contributed by atoms with Crippen LogP contribution < -0.4 is 10.6 Å². The van der Waals surface area contributed by atoms with Gasteiger partial charge in [-0.2, -0.15) is 18.3 Å². The predicted octanol–water partition coefficient (Wildman–Crippen LogP) is 5.90. The van der Waals surface area contributed by atoms with Crippen molar-refractivity contribution in [1.82, 2.24) is 9.78 Å². The Morgan fingerprint density at radius 1 is 1.32 bits per heavy atom. The lowest BCUT2D eigenvalue weighted by Gasteiger charge is -2.32. The zero-order chi connectivity index (χ0) is 22.2. The lowest BCUT2D eigenvalue weighted by atomic mass is 9.99. The highest BCUT2D eigenvalue weighted by atomic mass is 19.4. The summed E-state index contributed by atoms with van der Waals surface area (Å²) in [6.45, 7) is 4.21. The van der Waals surface area contributed by atoms with Gasteiger partial charge in [0.1, 0.15) is 11.6 Å². The number of halogens is 3. The molecule has 0 aliphatic carbocycles. The number of benzene rings is 1. The molecule has 3 heterocycles. The van der Waals surface area contributed by atoms with Gasteiger partial charge in [0, 0.05) is 18.2 Å². The van der Waals surface area contributed by atoms with E-state index < -0.39 is 24.2 Å². The molecule has 3 aromatic rings. The summed E-state index contributed by atoms with van der Waals surface area (Å²) in [7, 11) is 0. The van der Waals surface area contributed by atoms with E-state index in [2.05, 4.69) is 29.6 Å². The number of nitrogens with one attached hydrogen (secondary N) is 2. The number of nitrogens with zero attached hydrogens (tertiary/aromatic N) is 2. The maximum absolute atomic E-state index is 13.7. The molecule has 2 N–H and O–H groups in total. The Kier molecular flexibility index (Phi) is 5.51. The van der Waals surface area contributed by atoms with Crippen molar-refractivity contribution in [1.29, 1.82) is 0 Å². The SMILES string of the molecule is CC[C@H](C)c1ccc(NC(=O)c2cc3n(n2)[C@@H](C(F)(F)F)C[C@H](c2ccco2)N3)cc1. The molecule has 2 aromatic heterocycles. The summed E-state index contributed by atoms with van der Waals surface area (Å²) >= 11 is 0. The average molecular weight is 432 g/mol. The van der Waals surface area contributed by atoms with Gasteiger partial charge in [-0.3, -0.25) is 4.79 Å². The largest absolute Gasteiger partial charge is 0.467 e. The van der Waals surface area contributed by atoms with Crippen LogP contribution in [-0.2, 0) is 0 Å². The lowest BCUT2D eigenvalue weighted by Crippen LogP contribution is -2.35. The van der Waals surface area contributed by atoms with Crippen molar-refractivity contribution in [2.24, 2.45) is 0 Å². The third kappa shape index (κ3) is 4.30. The van der Waals surface area contributed by atoms with Crippen LogP contribution in [0.15, 0.2) is 53.1 Å². The fraction of sp³-hybridized carbons (Fsp3) is 0.364. The molecular formula is C22H23F3N4O2. The second-order valence-electron chi connectivity index (χ2n) is 7.75. The number of aromatic nitrogens is 2. The number of amides is 1. The van der Waals surface area contributed by atoms with Crippen LogP contribution in [-0.4, -0.2) is 21.9 Å². The van der Waals surface area contributed by atoms with Crippen LogP contribution in [0.1, 0.15) is 66.5 Å². The first kappa shape index (κ1) is 21.0. The normalized spacial score (nSPS) is 19.4. The van der Waals surface area contributed by atoms with Crippen LogP contribution in [0.2, 0.25) is 0 Å². The van der Waals surface area contributed by atoms with Crippen molar-refractivity contribution in [3.8, 4) is 0 Å². The second-order valence-corrected chi connectivity index (χ2v) is 7.75. The number of carbonyl (C=O) groups excluding carboxylic acids is 1. The molecule has 1 amide bonds. The summed E-state index contributed by atoms with van der Waals surface area (Å²) in [6, 6.07) is 9.44. The number of furan rings is 1. The standard InChI is InChI=1S/C22H23F3N4O2/c1-3-13(2)14-6-8-15(9-7-14)26-21(30)17-12-20-27-16(18-5-4-10-31-18)11-19(22(23,24)25)29(20)28-17/h4-10,12-13,16,19,27H,3,11H2,1-2H3,(H,26,30)/t13-,16+,19+/m0/s1. The van der Waals surface area contributed by atoms with Gasteiger partial charge in [-0.15, -0.1) is 0 Å². The Hall–Kier alpha value is -3.23. The number of anilines is 2. The van der Waals surface area contributed by atoms with Gasteiger partial charge in [0.25, 0.3) is 5.91 Å². The molecule has 1 aromatic carbocycles. The summed E-state index contributed by atoms with van der Waals surface area (Å²) in [5, 5.41) is 9.66. The van der Waals surface area contributed by atoms with E-state index in [0.717, 1.165) is 16.7 Å². The van der Waals surface area contributed by atoms with E-state index in [0.29, 0.717) is 17.4 Å². The molecule has 1 aliphatic heterocycles. The first-order chi connectivity index (χ1) is 14.8. The fourth-order valence-corrected chi connectivity index (χ4v) is 3.69. The number of alkyl halides is 3. The van der Waals surface area contributed by atoms with Crippen molar-refractivity contribution < 1.29 is 22.4 Å². The minimum absolute atomic E-state index is 0.0946. The van der Waals surface area contributed by atoms with Crippen LogP contribution in [0.3, 0.4) is 0 Å². The molecule has 164 valence electrons. The molecule has 0 fully saturated rings. The van der Waals surface area contributed by atoms with E-state index in [4.69, 9.17) is 4.42 Å². The fourth-order valence-electron chi connectivity index (χ4n) is 3.69. The van der Waals surface area contributed by atoms with E-state index in [1.54, 1.807) is 24.3 Å². The van der Waals surface area contributed by atoms with E-state index >= 15 is 0 Å². The van der Waals surface area contributed by atoms with Crippen molar-refractivity contribution in [3.63, 3.8) is 0 Å². The maximum Gasteiger partial charge on any atom is 0.410 e. The molecule has 0 bridgehead atoms. The molecule has 9 heteroatoms. The molecule has 0 radical (unpaired) electrons. The van der Waals surface area contributed by atoms with Crippen LogP contribution in [0.5, 0.6) is 0 Å². The highest BCUT2D eigenvalue weighted by Gasteiger charge is 2.47. The molecule has 6 nitrogen and oxygen atoms in total. The summed E-state index contributed by atoms with van der Waals surface area (Å²) in [5.74, 6) is 0.342. The summed E-state index contributed by atoms with van der Waals surface area (Å²) in [4.78, 5) is 12.7. The zero-order valence-electron chi connectivity index (χ0n) is 17.1. The minimum atomic E-state index is -4.52. The van der Waals surface area contributed by atoms with E-state index in [-0.39, 0.29) is 17.9 Å². The molecule has 0 spiro atoms. The minimum Gasteiger partial charge on any atom is -0.467 e. The van der Waals surface area contributed by atoms with Crippen LogP contribution >= 0.6 is 0 Å². The smallest absolute Gasteiger partial charge is 0.410 e. The Labute approximate surface area is 177 Å². The maximum atomic E-state index is 13.7. The molecule has 4 rings (SSSR count). The van der Waals surface area contributed by atoms with E-state index in [9.17, 15) is 18.0 Å². The van der Waals surface area contributed by atoms with Gasteiger partial charge in [-0.25, -0.2) is 4.68 Å². The lowest BCUT2D eigenvalue weighted by molar-refractivity contribution is -0.174. The number of hydrogen-bond acceptors (Lipinski definition) is 4. The van der Waals surface area contributed by atoms with Gasteiger partial charge < -0.3 is 15.1 Å². The first-order valence-corrected chi connectivity index (χ1v) is 10.1. The van der Waals surface area contributed by atoms with Gasteiger partial charge in [0.05, 0.1) is 12.3 Å². The van der Waals surface area contributed by atoms with Gasteiger partial charge in [0.2, 0.25) is 0 Å². The molecular weight excluding hydrogens is 409 g/mol. The van der Waals surface area contributed by atoms with Crippen molar-refractivity contribution in [2.45, 2.75) is 50.9 Å². The number of hydrogen-bond donors (Lipinski definition) is 2. The molecule has 1 aliphatic rings. The summed E-state index contributed by atoms with van der Waals surface area (Å²) in [5.41, 5.74) is 1.61. The molecule has 0 saturated heterocycles. The molecule has 3 atom stereocenters. The van der Waals surface area contributed by atoms with Crippen LogP contribution in [0, 0.1) is 0 Å². The highest BCUT2D eigenvalue weighted by molar-refractivity contribution is 6.03. The van der Waals surface area contributed by atoms with Gasteiger partial charge in [-0.1, -0.05) is 26.0 Å². The quantitative estimate of drug-likeness (QED) is 0.526. The van der Waals surface area contributed by atoms with E-state index in [1.807, 2.05) is 12.1 Å². The Balaban J connectivity index is 1.56. The predicted molar refractivity (Wildman–Crippen MR) is 110 cm³/mol. The van der Waals surface area contributed by atoms with Crippen molar-refractivity contribution in [2.75, 3.05) is 10.6 Å². The van der Waals surface area contributed by atoms with Crippen molar-refractivity contribution in [3.05, 3.63) is 65.7 Å². The first-order valence-electron chi connectivity index (χ1n) is 10.1. The summed E-state index contributed by atoms with van der Waals surface area (Å²) < 4.78 is 47.2. The number of fused-ring (bicyclic) bond motifs is 1. The second kappa shape index (κ2) is 8.13. The summed E-state index contributed by atoms with van der Waals surface area (Å²) in [6.07, 6.45) is -2.40. The third-order valence-corrected chi connectivity index (χ3v) is 5.66. The topological polar surface area (TPSA) is 72.1 Å². The average Bonchev–Trinajstić information content (AvgIpc) is 3.42. The highest BCUT2D eigenvalue weighted by Crippen LogP contribution is 2.43. The Morgan fingerprint density at radius 2 is 2.06 bits per heavy atom.